The molecule has 0 spiro atoms. The van der Waals surface area contributed by atoms with Crippen LogP contribution in [0.25, 0.3) is 0 Å². The standard InChI is InChI=1S/C15H21NOS/c1-11-7-3-4-8-13(11)12(2)14-9-5-6-10-16(14)15(17)18/h3-4,7-8,12,14H,5-6,9-10H2,1-2H3,(H,17,18)/t12?,14-/m0/s1. The zero-order chi connectivity index (χ0) is 13.1. The zero-order valence-corrected chi connectivity index (χ0v) is 12.0. The second-order valence-corrected chi connectivity index (χ2v) is 5.57. The van der Waals surface area contributed by atoms with Gasteiger partial charge >= 0.3 is 0 Å². The van der Waals surface area contributed by atoms with E-state index < -0.39 is 0 Å². The molecule has 0 saturated carbocycles. The molecule has 2 nitrogen and oxygen atoms in total. The molecule has 1 aliphatic rings. The lowest BCUT2D eigenvalue weighted by Gasteiger charge is -2.39. The molecule has 98 valence electrons. The first kappa shape index (κ1) is 13.5. The minimum atomic E-state index is -0.0832. The Hall–Kier alpha value is -0.960. The first-order chi connectivity index (χ1) is 8.61. The Morgan fingerprint density at radius 1 is 1.39 bits per heavy atom. The van der Waals surface area contributed by atoms with Crippen LogP contribution in [0.3, 0.4) is 0 Å². The van der Waals surface area contributed by atoms with Crippen LogP contribution in [0.15, 0.2) is 24.3 Å². The number of carbonyl (C=O) groups excluding carboxylic acids is 1. The molecule has 0 bridgehead atoms. The number of hydrogen-bond acceptors (Lipinski definition) is 1. The van der Waals surface area contributed by atoms with Gasteiger partial charge in [0.25, 0.3) is 5.24 Å². The molecule has 1 fully saturated rings. The van der Waals surface area contributed by atoms with E-state index in [2.05, 4.69) is 50.7 Å². The molecule has 0 radical (unpaired) electrons. The van der Waals surface area contributed by atoms with Crippen molar-refractivity contribution in [2.75, 3.05) is 6.54 Å². The molecular formula is C15H21NOS. The molecule has 1 amide bonds. The smallest absolute Gasteiger partial charge is 0.278 e. The Labute approximate surface area is 115 Å². The second-order valence-electron chi connectivity index (χ2n) is 5.18. The van der Waals surface area contributed by atoms with E-state index >= 15 is 0 Å². The maximum absolute atomic E-state index is 11.6. The van der Waals surface area contributed by atoms with Crippen molar-refractivity contribution >= 4 is 17.9 Å². The van der Waals surface area contributed by atoms with Gasteiger partial charge in [0.1, 0.15) is 0 Å². The number of nitrogens with zero attached hydrogens (tertiary/aromatic N) is 1. The van der Waals surface area contributed by atoms with E-state index in [9.17, 15) is 4.79 Å². The minimum absolute atomic E-state index is 0.0832. The summed E-state index contributed by atoms with van der Waals surface area (Å²) in [6.45, 7) is 5.22. The summed E-state index contributed by atoms with van der Waals surface area (Å²) in [5.74, 6) is 0.377. The average molecular weight is 263 g/mol. The summed E-state index contributed by atoms with van der Waals surface area (Å²) in [5, 5.41) is -0.0832. The van der Waals surface area contributed by atoms with Crippen molar-refractivity contribution in [2.45, 2.75) is 45.1 Å². The highest BCUT2D eigenvalue weighted by Crippen LogP contribution is 2.32. The highest BCUT2D eigenvalue weighted by Gasteiger charge is 2.30. The van der Waals surface area contributed by atoms with Crippen molar-refractivity contribution in [1.82, 2.24) is 4.90 Å². The van der Waals surface area contributed by atoms with Crippen LogP contribution in [0.1, 0.15) is 43.2 Å². The Balaban J connectivity index is 2.23. The number of benzene rings is 1. The molecule has 2 rings (SSSR count). The van der Waals surface area contributed by atoms with Crippen molar-refractivity contribution in [3.8, 4) is 0 Å². The monoisotopic (exact) mass is 263 g/mol. The fraction of sp³-hybridized carbons (Fsp3) is 0.533. The van der Waals surface area contributed by atoms with Crippen molar-refractivity contribution in [3.63, 3.8) is 0 Å². The summed E-state index contributed by atoms with van der Waals surface area (Å²) in [5.41, 5.74) is 2.66. The quantitative estimate of drug-likeness (QED) is 0.800. The normalized spacial score (nSPS) is 21.7. The average Bonchev–Trinajstić information content (AvgIpc) is 2.38. The van der Waals surface area contributed by atoms with E-state index in [1.807, 2.05) is 4.90 Å². The molecular weight excluding hydrogens is 242 g/mol. The van der Waals surface area contributed by atoms with Crippen LogP contribution in [0.5, 0.6) is 0 Å². The van der Waals surface area contributed by atoms with Crippen LogP contribution in [0.4, 0.5) is 4.79 Å². The predicted molar refractivity (Wildman–Crippen MR) is 78.3 cm³/mol. The molecule has 0 aliphatic carbocycles. The molecule has 0 N–H and O–H groups in total. The van der Waals surface area contributed by atoms with Gasteiger partial charge in [-0.15, -0.1) is 0 Å². The lowest BCUT2D eigenvalue weighted by Crippen LogP contribution is -2.44. The van der Waals surface area contributed by atoms with E-state index in [0.717, 1.165) is 19.4 Å². The van der Waals surface area contributed by atoms with Gasteiger partial charge in [0.15, 0.2) is 0 Å². The van der Waals surface area contributed by atoms with E-state index in [-0.39, 0.29) is 5.24 Å². The molecule has 0 aromatic heterocycles. The predicted octanol–water partition coefficient (Wildman–Crippen LogP) is 4.00. The zero-order valence-electron chi connectivity index (χ0n) is 11.1. The number of aryl methyl sites for hydroxylation is 1. The highest BCUT2D eigenvalue weighted by molar-refractivity contribution is 7.96. The largest absolute Gasteiger partial charge is 0.330 e. The van der Waals surface area contributed by atoms with Gasteiger partial charge in [0.05, 0.1) is 0 Å². The number of rotatable bonds is 2. The third-order valence-corrected chi connectivity index (χ3v) is 4.31. The van der Waals surface area contributed by atoms with Gasteiger partial charge in [-0.05, 0) is 37.3 Å². The van der Waals surface area contributed by atoms with Crippen molar-refractivity contribution < 1.29 is 4.79 Å². The Morgan fingerprint density at radius 3 is 2.78 bits per heavy atom. The summed E-state index contributed by atoms with van der Waals surface area (Å²) in [6, 6.07) is 8.75. The van der Waals surface area contributed by atoms with Crippen LogP contribution >= 0.6 is 12.6 Å². The summed E-state index contributed by atoms with van der Waals surface area (Å²) in [6.07, 6.45) is 3.39. The van der Waals surface area contributed by atoms with Crippen molar-refractivity contribution in [3.05, 3.63) is 35.4 Å². The molecule has 1 aliphatic heterocycles. The molecule has 1 unspecified atom stereocenters. The second kappa shape index (κ2) is 5.79. The lowest BCUT2D eigenvalue weighted by atomic mass is 9.85. The fourth-order valence-corrected chi connectivity index (χ4v) is 3.27. The number of piperidine rings is 1. The third kappa shape index (κ3) is 2.72. The minimum Gasteiger partial charge on any atom is -0.330 e. The van der Waals surface area contributed by atoms with E-state index in [0.29, 0.717) is 12.0 Å². The summed E-state index contributed by atoms with van der Waals surface area (Å²) < 4.78 is 0. The molecule has 1 heterocycles. The first-order valence-electron chi connectivity index (χ1n) is 6.66. The Kier molecular flexibility index (Phi) is 4.33. The third-order valence-electron chi connectivity index (χ3n) is 4.05. The molecule has 1 aromatic carbocycles. The number of hydrogen-bond donors (Lipinski definition) is 1. The van der Waals surface area contributed by atoms with Crippen LogP contribution in [-0.4, -0.2) is 22.7 Å². The molecule has 18 heavy (non-hydrogen) atoms. The number of likely N-dealkylation sites (tertiary alicyclic amines) is 1. The highest BCUT2D eigenvalue weighted by atomic mass is 32.1. The lowest BCUT2D eigenvalue weighted by molar-refractivity contribution is 0.160. The maximum atomic E-state index is 11.6. The molecule has 1 saturated heterocycles. The van der Waals surface area contributed by atoms with E-state index in [1.165, 1.54) is 17.5 Å². The van der Waals surface area contributed by atoms with E-state index in [1.54, 1.807) is 0 Å². The van der Waals surface area contributed by atoms with Crippen LogP contribution in [-0.2, 0) is 0 Å². The Morgan fingerprint density at radius 2 is 2.11 bits per heavy atom. The molecule has 2 atom stereocenters. The first-order valence-corrected chi connectivity index (χ1v) is 7.11. The van der Waals surface area contributed by atoms with Gasteiger partial charge in [0.2, 0.25) is 0 Å². The van der Waals surface area contributed by atoms with Gasteiger partial charge in [-0.2, -0.15) is 0 Å². The van der Waals surface area contributed by atoms with Gasteiger partial charge in [0, 0.05) is 18.5 Å². The van der Waals surface area contributed by atoms with Crippen molar-refractivity contribution in [1.29, 1.82) is 0 Å². The van der Waals surface area contributed by atoms with Gasteiger partial charge < -0.3 is 4.90 Å². The molecule has 1 aromatic rings. The number of amides is 1. The summed E-state index contributed by atoms with van der Waals surface area (Å²) in [7, 11) is 0. The fourth-order valence-electron chi connectivity index (χ4n) is 3.02. The van der Waals surface area contributed by atoms with Crippen LogP contribution in [0, 0.1) is 6.92 Å². The van der Waals surface area contributed by atoms with Gasteiger partial charge in [-0.25, -0.2) is 0 Å². The molecule has 3 heteroatoms. The maximum Gasteiger partial charge on any atom is 0.278 e. The van der Waals surface area contributed by atoms with Crippen LogP contribution in [0.2, 0.25) is 0 Å². The number of carbonyl (C=O) groups is 1. The summed E-state index contributed by atoms with van der Waals surface area (Å²) in [4.78, 5) is 13.6. The van der Waals surface area contributed by atoms with E-state index in [4.69, 9.17) is 0 Å². The topological polar surface area (TPSA) is 20.3 Å². The Bertz CT molecular complexity index is 432. The van der Waals surface area contributed by atoms with Gasteiger partial charge in [-0.1, -0.05) is 43.8 Å². The van der Waals surface area contributed by atoms with Crippen molar-refractivity contribution in [2.24, 2.45) is 0 Å². The summed E-state index contributed by atoms with van der Waals surface area (Å²) >= 11 is 4.02. The van der Waals surface area contributed by atoms with Crippen LogP contribution < -0.4 is 0 Å². The SMILES string of the molecule is Cc1ccccc1C(C)[C@@H]1CCCCN1C(=O)S. The van der Waals surface area contributed by atoms with Gasteiger partial charge in [-0.3, -0.25) is 4.79 Å². The number of thiol groups is 1.